The summed E-state index contributed by atoms with van der Waals surface area (Å²) in [4.78, 5) is 6.12. The second-order valence-corrected chi connectivity index (χ2v) is 4.92. The highest BCUT2D eigenvalue weighted by molar-refractivity contribution is 5.08. The first-order chi connectivity index (χ1) is 9.72. The third kappa shape index (κ3) is 2.83. The number of aliphatic hydroxyl groups is 1. The standard InChI is InChI=1S/C13H16FN5O/c14-10-1-2-11(15-7-10)12(20)3-4-18-5-6-19-9-16-17-13(19)8-18/h1-2,7,9,12,20H,3-6,8H2. The Hall–Kier alpha value is -1.86. The minimum atomic E-state index is -0.671. The normalized spacial score (nSPS) is 16.9. The maximum absolute atomic E-state index is 12.8. The molecule has 0 bridgehead atoms. The van der Waals surface area contributed by atoms with Crippen LogP contribution >= 0.6 is 0 Å². The number of rotatable bonds is 4. The summed E-state index contributed by atoms with van der Waals surface area (Å²) in [6.07, 6.45) is 2.76. The number of fused-ring (bicyclic) bond motifs is 1. The number of aromatic nitrogens is 4. The van der Waals surface area contributed by atoms with E-state index >= 15 is 0 Å². The van der Waals surface area contributed by atoms with Gasteiger partial charge in [-0.05, 0) is 18.6 Å². The molecule has 7 heteroatoms. The molecular formula is C13H16FN5O. The van der Waals surface area contributed by atoms with E-state index in [0.717, 1.165) is 38.2 Å². The fourth-order valence-electron chi connectivity index (χ4n) is 2.34. The van der Waals surface area contributed by atoms with E-state index in [1.165, 1.54) is 12.1 Å². The molecule has 0 fully saturated rings. The molecular weight excluding hydrogens is 261 g/mol. The highest BCUT2D eigenvalue weighted by Crippen LogP contribution is 2.17. The van der Waals surface area contributed by atoms with Gasteiger partial charge in [0, 0.05) is 19.6 Å². The highest BCUT2D eigenvalue weighted by atomic mass is 19.1. The maximum Gasteiger partial charge on any atom is 0.147 e. The van der Waals surface area contributed by atoms with Gasteiger partial charge in [0.15, 0.2) is 0 Å². The zero-order chi connectivity index (χ0) is 13.9. The first-order valence-electron chi connectivity index (χ1n) is 6.61. The van der Waals surface area contributed by atoms with Crippen LogP contribution in [-0.2, 0) is 13.1 Å². The molecule has 20 heavy (non-hydrogen) atoms. The maximum atomic E-state index is 12.8. The molecule has 1 unspecified atom stereocenters. The molecule has 0 aliphatic carbocycles. The van der Waals surface area contributed by atoms with Gasteiger partial charge < -0.3 is 9.67 Å². The van der Waals surface area contributed by atoms with Crippen LogP contribution in [0.1, 0.15) is 24.0 Å². The van der Waals surface area contributed by atoms with Crippen LogP contribution < -0.4 is 0 Å². The van der Waals surface area contributed by atoms with Crippen molar-refractivity contribution in [2.24, 2.45) is 0 Å². The number of pyridine rings is 1. The lowest BCUT2D eigenvalue weighted by Gasteiger charge is -2.27. The Kier molecular flexibility index (Phi) is 3.70. The molecule has 2 aromatic rings. The van der Waals surface area contributed by atoms with Crippen molar-refractivity contribution in [2.75, 3.05) is 13.1 Å². The van der Waals surface area contributed by atoms with Gasteiger partial charge in [0.1, 0.15) is 18.0 Å². The Balaban J connectivity index is 1.54. The average molecular weight is 277 g/mol. The van der Waals surface area contributed by atoms with E-state index < -0.39 is 11.9 Å². The topological polar surface area (TPSA) is 67.1 Å². The predicted molar refractivity (Wildman–Crippen MR) is 69.1 cm³/mol. The van der Waals surface area contributed by atoms with Crippen LogP contribution in [0.25, 0.3) is 0 Å². The molecule has 0 radical (unpaired) electrons. The van der Waals surface area contributed by atoms with Gasteiger partial charge in [-0.3, -0.25) is 9.88 Å². The average Bonchev–Trinajstić information content (AvgIpc) is 2.93. The number of hydrogen-bond donors (Lipinski definition) is 1. The molecule has 1 aliphatic heterocycles. The highest BCUT2D eigenvalue weighted by Gasteiger charge is 2.18. The lowest BCUT2D eigenvalue weighted by Crippen LogP contribution is -2.34. The van der Waals surface area contributed by atoms with Crippen LogP contribution in [0.3, 0.4) is 0 Å². The van der Waals surface area contributed by atoms with Gasteiger partial charge >= 0.3 is 0 Å². The van der Waals surface area contributed by atoms with Gasteiger partial charge in [-0.15, -0.1) is 10.2 Å². The van der Waals surface area contributed by atoms with Crippen LogP contribution in [0.5, 0.6) is 0 Å². The van der Waals surface area contributed by atoms with Crippen molar-refractivity contribution in [1.82, 2.24) is 24.6 Å². The fraction of sp³-hybridized carbons (Fsp3) is 0.462. The Morgan fingerprint density at radius 2 is 2.25 bits per heavy atom. The van der Waals surface area contributed by atoms with Crippen LogP contribution in [0.15, 0.2) is 24.7 Å². The van der Waals surface area contributed by atoms with Gasteiger partial charge in [0.2, 0.25) is 0 Å². The molecule has 1 atom stereocenters. The van der Waals surface area contributed by atoms with E-state index in [-0.39, 0.29) is 0 Å². The monoisotopic (exact) mass is 277 g/mol. The fourth-order valence-corrected chi connectivity index (χ4v) is 2.34. The van der Waals surface area contributed by atoms with E-state index in [1.807, 2.05) is 4.57 Å². The molecule has 0 saturated heterocycles. The van der Waals surface area contributed by atoms with E-state index in [1.54, 1.807) is 6.33 Å². The number of hydrogen-bond acceptors (Lipinski definition) is 5. The number of aliphatic hydroxyl groups excluding tert-OH is 1. The van der Waals surface area contributed by atoms with Crippen molar-refractivity contribution in [2.45, 2.75) is 25.6 Å². The lowest BCUT2D eigenvalue weighted by atomic mass is 10.1. The molecule has 0 amide bonds. The van der Waals surface area contributed by atoms with Crippen LogP contribution in [-0.4, -0.2) is 42.8 Å². The summed E-state index contributed by atoms with van der Waals surface area (Å²) in [5.41, 5.74) is 0.506. The summed E-state index contributed by atoms with van der Waals surface area (Å²) in [6, 6.07) is 2.84. The van der Waals surface area contributed by atoms with E-state index in [0.29, 0.717) is 12.1 Å². The van der Waals surface area contributed by atoms with Crippen LogP contribution in [0.2, 0.25) is 0 Å². The largest absolute Gasteiger partial charge is 0.387 e. The van der Waals surface area contributed by atoms with Gasteiger partial charge in [0.25, 0.3) is 0 Å². The molecule has 6 nitrogen and oxygen atoms in total. The number of nitrogens with zero attached hydrogens (tertiary/aromatic N) is 5. The van der Waals surface area contributed by atoms with Crippen molar-refractivity contribution in [3.63, 3.8) is 0 Å². The summed E-state index contributed by atoms with van der Waals surface area (Å²) < 4.78 is 14.8. The van der Waals surface area contributed by atoms with Crippen LogP contribution in [0, 0.1) is 5.82 Å². The van der Waals surface area contributed by atoms with E-state index in [4.69, 9.17) is 0 Å². The Labute approximate surface area is 115 Å². The first kappa shape index (κ1) is 13.1. The molecule has 2 aromatic heterocycles. The SMILES string of the molecule is OC(CCN1CCn2cnnc2C1)c1ccc(F)cn1. The van der Waals surface area contributed by atoms with Gasteiger partial charge in [-0.1, -0.05) is 0 Å². The molecule has 3 rings (SSSR count). The molecule has 1 aliphatic rings. The Morgan fingerprint density at radius 3 is 3.05 bits per heavy atom. The summed E-state index contributed by atoms with van der Waals surface area (Å²) in [5.74, 6) is 0.557. The van der Waals surface area contributed by atoms with Gasteiger partial charge in [-0.2, -0.15) is 0 Å². The van der Waals surface area contributed by atoms with E-state index in [9.17, 15) is 9.50 Å². The molecule has 106 valence electrons. The molecule has 0 spiro atoms. The Morgan fingerprint density at radius 1 is 1.35 bits per heavy atom. The van der Waals surface area contributed by atoms with Crippen molar-refractivity contribution >= 4 is 0 Å². The molecule has 1 N–H and O–H groups in total. The molecule has 0 aromatic carbocycles. The summed E-state index contributed by atoms with van der Waals surface area (Å²) in [5, 5.41) is 18.0. The second kappa shape index (κ2) is 5.64. The van der Waals surface area contributed by atoms with Crippen molar-refractivity contribution < 1.29 is 9.50 Å². The lowest BCUT2D eigenvalue weighted by molar-refractivity contribution is 0.127. The quantitative estimate of drug-likeness (QED) is 0.893. The van der Waals surface area contributed by atoms with Crippen molar-refractivity contribution in [3.05, 3.63) is 42.0 Å². The van der Waals surface area contributed by atoms with Crippen molar-refractivity contribution in [3.8, 4) is 0 Å². The minimum Gasteiger partial charge on any atom is -0.387 e. The smallest absolute Gasteiger partial charge is 0.147 e. The summed E-state index contributed by atoms with van der Waals surface area (Å²) >= 11 is 0. The minimum absolute atomic E-state index is 0.392. The van der Waals surface area contributed by atoms with E-state index in [2.05, 4.69) is 20.1 Å². The summed E-state index contributed by atoms with van der Waals surface area (Å²) in [7, 11) is 0. The van der Waals surface area contributed by atoms with Crippen molar-refractivity contribution in [1.29, 1.82) is 0 Å². The Bertz CT molecular complexity index is 570. The first-order valence-corrected chi connectivity index (χ1v) is 6.61. The number of halogens is 1. The zero-order valence-corrected chi connectivity index (χ0v) is 11.0. The van der Waals surface area contributed by atoms with Crippen LogP contribution in [0.4, 0.5) is 4.39 Å². The third-order valence-corrected chi connectivity index (χ3v) is 3.53. The third-order valence-electron chi connectivity index (χ3n) is 3.53. The van der Waals surface area contributed by atoms with Gasteiger partial charge in [-0.25, -0.2) is 4.39 Å². The second-order valence-electron chi connectivity index (χ2n) is 4.92. The van der Waals surface area contributed by atoms with Gasteiger partial charge in [0.05, 0.1) is 24.5 Å². The zero-order valence-electron chi connectivity index (χ0n) is 11.0. The molecule has 0 saturated carbocycles. The predicted octanol–water partition coefficient (Wildman–Crippen LogP) is 0.751. The summed E-state index contributed by atoms with van der Waals surface area (Å²) in [6.45, 7) is 3.26. The molecule has 3 heterocycles.